The normalized spacial score (nSPS) is 19.4. The van der Waals surface area contributed by atoms with Crippen molar-refractivity contribution in [3.8, 4) is 0 Å². The Morgan fingerprint density at radius 2 is 1.63 bits per heavy atom. The lowest BCUT2D eigenvalue weighted by molar-refractivity contribution is -0.161. The van der Waals surface area contributed by atoms with E-state index in [1.807, 2.05) is 0 Å². The number of piperazine rings is 1. The minimum atomic E-state index is -0.745. The molecule has 0 aromatic carbocycles. The zero-order chi connectivity index (χ0) is 19.6. The van der Waals surface area contributed by atoms with Crippen molar-refractivity contribution in [3.05, 3.63) is 12.7 Å². The topological polar surface area (TPSA) is 88.6 Å². The highest BCUT2D eigenvalue weighted by molar-refractivity contribution is 5.82. The van der Waals surface area contributed by atoms with E-state index < -0.39 is 12.1 Å². The molecule has 1 unspecified atom stereocenters. The van der Waals surface area contributed by atoms with Crippen molar-refractivity contribution >= 4 is 17.8 Å². The van der Waals surface area contributed by atoms with Crippen LogP contribution in [0.1, 0.15) is 6.92 Å². The lowest BCUT2D eigenvalue weighted by Crippen LogP contribution is -2.54. The molecule has 152 valence electrons. The van der Waals surface area contributed by atoms with E-state index in [-0.39, 0.29) is 25.0 Å². The zero-order valence-electron chi connectivity index (χ0n) is 15.9. The summed E-state index contributed by atoms with van der Waals surface area (Å²) >= 11 is 0. The van der Waals surface area contributed by atoms with Crippen LogP contribution in [0, 0.1) is 0 Å². The third-order valence-corrected chi connectivity index (χ3v) is 4.58. The van der Waals surface area contributed by atoms with Gasteiger partial charge < -0.3 is 24.0 Å². The number of hydrogen-bond acceptors (Lipinski definition) is 7. The van der Waals surface area contributed by atoms with Crippen molar-refractivity contribution in [1.82, 2.24) is 14.7 Å². The van der Waals surface area contributed by atoms with Crippen molar-refractivity contribution in [1.29, 1.82) is 0 Å². The van der Waals surface area contributed by atoms with Gasteiger partial charge in [-0.25, -0.2) is 4.79 Å². The first-order valence-electron chi connectivity index (χ1n) is 9.26. The lowest BCUT2D eigenvalue weighted by atomic mass is 10.3. The first-order chi connectivity index (χ1) is 13.0. The van der Waals surface area contributed by atoms with E-state index >= 15 is 0 Å². The fourth-order valence-corrected chi connectivity index (χ4v) is 2.88. The molecule has 2 aliphatic rings. The SMILES string of the molecule is C=CCOC(C)C(=O)OCC(=O)N1CCN(C(=O)CN2CCOCC2)CC1. The highest BCUT2D eigenvalue weighted by Crippen LogP contribution is 2.06. The molecule has 0 aliphatic carbocycles. The highest BCUT2D eigenvalue weighted by Gasteiger charge is 2.26. The van der Waals surface area contributed by atoms with Gasteiger partial charge in [0.25, 0.3) is 5.91 Å². The molecule has 0 aromatic heterocycles. The molecule has 0 N–H and O–H groups in total. The van der Waals surface area contributed by atoms with Gasteiger partial charge in [-0.05, 0) is 6.92 Å². The molecule has 9 nitrogen and oxygen atoms in total. The van der Waals surface area contributed by atoms with E-state index in [1.54, 1.807) is 16.7 Å². The Labute approximate surface area is 159 Å². The van der Waals surface area contributed by atoms with E-state index in [0.717, 1.165) is 13.1 Å². The van der Waals surface area contributed by atoms with E-state index in [2.05, 4.69) is 11.5 Å². The Balaban J connectivity index is 1.66. The number of morpholine rings is 1. The van der Waals surface area contributed by atoms with Crippen molar-refractivity contribution in [2.24, 2.45) is 0 Å². The van der Waals surface area contributed by atoms with Gasteiger partial charge in [0.1, 0.15) is 0 Å². The van der Waals surface area contributed by atoms with E-state index in [0.29, 0.717) is 45.9 Å². The minimum Gasteiger partial charge on any atom is -0.454 e. The minimum absolute atomic E-state index is 0.0728. The van der Waals surface area contributed by atoms with Crippen molar-refractivity contribution in [3.63, 3.8) is 0 Å². The van der Waals surface area contributed by atoms with Crippen LogP contribution in [0.5, 0.6) is 0 Å². The van der Waals surface area contributed by atoms with Crippen molar-refractivity contribution < 1.29 is 28.6 Å². The van der Waals surface area contributed by atoms with Gasteiger partial charge in [0.05, 0.1) is 26.4 Å². The summed E-state index contributed by atoms with van der Waals surface area (Å²) < 4.78 is 15.4. The Bertz CT molecular complexity index is 527. The second-order valence-corrected chi connectivity index (χ2v) is 6.52. The summed E-state index contributed by atoms with van der Waals surface area (Å²) in [6.07, 6.45) is 0.792. The smallest absolute Gasteiger partial charge is 0.335 e. The fraction of sp³-hybridized carbons (Fsp3) is 0.722. The molecule has 2 heterocycles. The van der Waals surface area contributed by atoms with Gasteiger partial charge in [-0.2, -0.15) is 0 Å². The molecule has 2 amide bonds. The standard InChI is InChI=1S/C18H29N3O6/c1-3-10-26-15(2)18(24)27-14-17(23)21-6-4-20(5-7-21)16(22)13-19-8-11-25-12-9-19/h3,15H,1,4-14H2,2H3. The maximum atomic E-state index is 12.4. The summed E-state index contributed by atoms with van der Waals surface area (Å²) in [5.74, 6) is -0.771. The number of hydrogen-bond donors (Lipinski definition) is 0. The average molecular weight is 383 g/mol. The molecule has 0 radical (unpaired) electrons. The number of rotatable bonds is 8. The third-order valence-electron chi connectivity index (χ3n) is 4.58. The number of nitrogens with zero attached hydrogens (tertiary/aromatic N) is 3. The van der Waals surface area contributed by atoms with Crippen LogP contribution in [0.4, 0.5) is 0 Å². The molecule has 2 fully saturated rings. The number of carbonyl (C=O) groups is 3. The van der Waals surface area contributed by atoms with Crippen LogP contribution in [0.3, 0.4) is 0 Å². The average Bonchev–Trinajstić information content (AvgIpc) is 2.70. The number of carbonyl (C=O) groups excluding carboxylic acids is 3. The lowest BCUT2D eigenvalue weighted by Gasteiger charge is -2.36. The summed E-state index contributed by atoms with van der Waals surface area (Å²) in [6.45, 7) is 10.1. The predicted octanol–water partition coefficient (Wildman–Crippen LogP) is -0.876. The van der Waals surface area contributed by atoms with Gasteiger partial charge in [-0.1, -0.05) is 6.08 Å². The first kappa shape index (κ1) is 21.3. The van der Waals surface area contributed by atoms with Crippen molar-refractivity contribution in [2.75, 3.05) is 72.2 Å². The van der Waals surface area contributed by atoms with Gasteiger partial charge in [-0.15, -0.1) is 6.58 Å². The second-order valence-electron chi connectivity index (χ2n) is 6.52. The molecular weight excluding hydrogens is 354 g/mol. The monoisotopic (exact) mass is 383 g/mol. The van der Waals surface area contributed by atoms with Crippen LogP contribution in [-0.2, 0) is 28.6 Å². The molecule has 0 saturated carbocycles. The largest absolute Gasteiger partial charge is 0.454 e. The summed E-state index contributed by atoms with van der Waals surface area (Å²) in [6, 6.07) is 0. The van der Waals surface area contributed by atoms with Gasteiger partial charge in [0, 0.05) is 39.3 Å². The quantitative estimate of drug-likeness (QED) is 0.397. The molecule has 27 heavy (non-hydrogen) atoms. The van der Waals surface area contributed by atoms with Crippen molar-refractivity contribution in [2.45, 2.75) is 13.0 Å². The summed E-state index contributed by atoms with van der Waals surface area (Å²) in [5.41, 5.74) is 0. The van der Waals surface area contributed by atoms with Gasteiger partial charge in [-0.3, -0.25) is 14.5 Å². The molecule has 9 heteroatoms. The molecule has 2 saturated heterocycles. The first-order valence-corrected chi connectivity index (χ1v) is 9.26. The Hall–Kier alpha value is -1.97. The van der Waals surface area contributed by atoms with Crippen LogP contribution in [0.25, 0.3) is 0 Å². The molecule has 1 atom stereocenters. The number of ether oxygens (including phenoxy) is 3. The third kappa shape index (κ3) is 6.93. The summed E-state index contributed by atoms with van der Waals surface area (Å²) in [5, 5.41) is 0. The fourth-order valence-electron chi connectivity index (χ4n) is 2.88. The van der Waals surface area contributed by atoms with Crippen LogP contribution in [0.15, 0.2) is 12.7 Å². The number of esters is 1. The van der Waals surface area contributed by atoms with Gasteiger partial charge >= 0.3 is 5.97 Å². The second kappa shape index (κ2) is 11.0. The van der Waals surface area contributed by atoms with Crippen LogP contribution in [-0.4, -0.2) is 111 Å². The maximum Gasteiger partial charge on any atom is 0.335 e. The van der Waals surface area contributed by atoms with E-state index in [9.17, 15) is 14.4 Å². The van der Waals surface area contributed by atoms with E-state index in [1.165, 1.54) is 6.08 Å². The molecule has 0 bridgehead atoms. The Morgan fingerprint density at radius 1 is 1.04 bits per heavy atom. The Kier molecular flexibility index (Phi) is 8.70. The van der Waals surface area contributed by atoms with Crippen LogP contribution >= 0.6 is 0 Å². The predicted molar refractivity (Wildman–Crippen MR) is 97.0 cm³/mol. The molecular formula is C18H29N3O6. The van der Waals surface area contributed by atoms with Gasteiger partial charge in [0.15, 0.2) is 12.7 Å². The Morgan fingerprint density at radius 3 is 2.22 bits per heavy atom. The summed E-state index contributed by atoms with van der Waals surface area (Å²) in [7, 11) is 0. The highest BCUT2D eigenvalue weighted by atomic mass is 16.6. The molecule has 2 aliphatic heterocycles. The van der Waals surface area contributed by atoms with Gasteiger partial charge in [0.2, 0.25) is 5.91 Å². The maximum absolute atomic E-state index is 12.4. The van der Waals surface area contributed by atoms with Crippen LogP contribution < -0.4 is 0 Å². The molecule has 0 spiro atoms. The molecule has 0 aromatic rings. The zero-order valence-corrected chi connectivity index (χ0v) is 15.9. The number of amides is 2. The summed E-state index contributed by atoms with van der Waals surface area (Å²) in [4.78, 5) is 41.8. The van der Waals surface area contributed by atoms with E-state index in [4.69, 9.17) is 14.2 Å². The van der Waals surface area contributed by atoms with Crippen LogP contribution in [0.2, 0.25) is 0 Å². The molecule has 2 rings (SSSR count).